The molecule has 1 N–H and O–H groups in total. The van der Waals surface area contributed by atoms with E-state index in [1.165, 1.54) is 0 Å². The van der Waals surface area contributed by atoms with E-state index >= 15 is 0 Å². The van der Waals surface area contributed by atoms with E-state index in [1.54, 1.807) is 12.1 Å². The number of rotatable bonds is 4. The lowest BCUT2D eigenvalue weighted by Crippen LogP contribution is -1.89. The van der Waals surface area contributed by atoms with Gasteiger partial charge >= 0.3 is 0 Å². The maximum absolute atomic E-state index is 10.2. The zero-order valence-electron chi connectivity index (χ0n) is 7.36. The van der Waals surface area contributed by atoms with Crippen LogP contribution in [-0.4, -0.2) is 11.4 Å². The molecule has 0 atom stereocenters. The van der Waals surface area contributed by atoms with Crippen molar-refractivity contribution < 1.29 is 9.90 Å². The standard InChI is InChI=1S/C11H12O2/c1-9(6-7-12)8-10-2-4-11(13)5-3-10/h2-5,7,13H,1,6,8H2. The lowest BCUT2D eigenvalue weighted by Gasteiger charge is -2.01. The van der Waals surface area contributed by atoms with Gasteiger partial charge in [0.05, 0.1) is 0 Å². The van der Waals surface area contributed by atoms with Crippen molar-refractivity contribution in [1.29, 1.82) is 0 Å². The van der Waals surface area contributed by atoms with Crippen LogP contribution in [0.1, 0.15) is 12.0 Å². The molecule has 0 radical (unpaired) electrons. The largest absolute Gasteiger partial charge is 0.508 e. The van der Waals surface area contributed by atoms with Gasteiger partial charge in [0.15, 0.2) is 0 Å². The van der Waals surface area contributed by atoms with E-state index in [2.05, 4.69) is 6.58 Å². The topological polar surface area (TPSA) is 37.3 Å². The quantitative estimate of drug-likeness (QED) is 0.563. The highest BCUT2D eigenvalue weighted by atomic mass is 16.3. The van der Waals surface area contributed by atoms with Gasteiger partial charge in [-0.25, -0.2) is 0 Å². The number of phenols is 1. The molecule has 0 aliphatic heterocycles. The van der Waals surface area contributed by atoms with Crippen molar-refractivity contribution in [2.24, 2.45) is 0 Å². The third kappa shape index (κ3) is 3.11. The maximum Gasteiger partial charge on any atom is 0.124 e. The van der Waals surface area contributed by atoms with Gasteiger partial charge in [-0.15, -0.1) is 0 Å². The number of aromatic hydroxyl groups is 1. The molecule has 0 aliphatic rings. The molecule has 0 saturated heterocycles. The molecule has 2 nitrogen and oxygen atoms in total. The number of carbonyl (C=O) groups excluding carboxylic acids is 1. The minimum atomic E-state index is 0.254. The van der Waals surface area contributed by atoms with E-state index in [0.29, 0.717) is 12.8 Å². The lowest BCUT2D eigenvalue weighted by molar-refractivity contribution is -0.107. The second kappa shape index (κ2) is 4.45. The van der Waals surface area contributed by atoms with Crippen molar-refractivity contribution >= 4 is 6.29 Å². The van der Waals surface area contributed by atoms with E-state index in [1.807, 2.05) is 12.1 Å². The van der Waals surface area contributed by atoms with Crippen LogP contribution in [0.5, 0.6) is 5.75 Å². The Hall–Kier alpha value is -1.57. The molecule has 0 unspecified atom stereocenters. The van der Waals surface area contributed by atoms with Crippen LogP contribution in [0.2, 0.25) is 0 Å². The highest BCUT2D eigenvalue weighted by Gasteiger charge is 1.96. The molecular weight excluding hydrogens is 164 g/mol. The smallest absolute Gasteiger partial charge is 0.124 e. The normalized spacial score (nSPS) is 9.54. The molecule has 2 heteroatoms. The van der Waals surface area contributed by atoms with Gasteiger partial charge in [-0.05, 0) is 24.1 Å². The van der Waals surface area contributed by atoms with E-state index in [0.717, 1.165) is 17.4 Å². The van der Waals surface area contributed by atoms with Crippen molar-refractivity contribution in [2.45, 2.75) is 12.8 Å². The first-order chi connectivity index (χ1) is 6.22. The van der Waals surface area contributed by atoms with E-state index in [4.69, 9.17) is 5.11 Å². The zero-order chi connectivity index (χ0) is 9.68. The Morgan fingerprint density at radius 2 is 2.00 bits per heavy atom. The number of hydrogen-bond donors (Lipinski definition) is 1. The summed E-state index contributed by atoms with van der Waals surface area (Å²) < 4.78 is 0. The molecule has 0 spiro atoms. The van der Waals surface area contributed by atoms with Crippen molar-refractivity contribution in [3.8, 4) is 5.75 Å². The average Bonchev–Trinajstić information content (AvgIpc) is 2.09. The summed E-state index contributed by atoms with van der Waals surface area (Å²) in [6, 6.07) is 6.91. The fourth-order valence-electron chi connectivity index (χ4n) is 1.09. The molecule has 13 heavy (non-hydrogen) atoms. The summed E-state index contributed by atoms with van der Waals surface area (Å²) in [7, 11) is 0. The summed E-state index contributed by atoms with van der Waals surface area (Å²) in [6.07, 6.45) is 1.95. The summed E-state index contributed by atoms with van der Waals surface area (Å²) >= 11 is 0. The molecule has 0 heterocycles. The predicted molar refractivity (Wildman–Crippen MR) is 51.6 cm³/mol. The highest BCUT2D eigenvalue weighted by Crippen LogP contribution is 2.13. The molecule has 1 aromatic rings. The third-order valence-electron chi connectivity index (χ3n) is 1.76. The van der Waals surface area contributed by atoms with Crippen LogP contribution in [0.4, 0.5) is 0 Å². The van der Waals surface area contributed by atoms with Crippen molar-refractivity contribution in [1.82, 2.24) is 0 Å². The Bertz CT molecular complexity index is 298. The molecule has 0 aliphatic carbocycles. The predicted octanol–water partition coefficient (Wildman–Crippen LogP) is 2.08. The minimum absolute atomic E-state index is 0.254. The first kappa shape index (κ1) is 9.52. The molecule has 1 aromatic carbocycles. The van der Waals surface area contributed by atoms with E-state index < -0.39 is 0 Å². The first-order valence-corrected chi connectivity index (χ1v) is 4.10. The van der Waals surface area contributed by atoms with Gasteiger partial charge in [0.2, 0.25) is 0 Å². The van der Waals surface area contributed by atoms with Gasteiger partial charge in [0.1, 0.15) is 12.0 Å². The Labute approximate surface area is 77.5 Å². The van der Waals surface area contributed by atoms with Gasteiger partial charge in [0, 0.05) is 6.42 Å². The molecule has 0 saturated carbocycles. The third-order valence-corrected chi connectivity index (χ3v) is 1.76. The SMILES string of the molecule is C=C(CC=O)Cc1ccc(O)cc1. The number of aldehydes is 1. The van der Waals surface area contributed by atoms with Gasteiger partial charge in [-0.1, -0.05) is 24.3 Å². The van der Waals surface area contributed by atoms with Crippen LogP contribution >= 0.6 is 0 Å². The summed E-state index contributed by atoms with van der Waals surface area (Å²) in [6.45, 7) is 3.77. The monoisotopic (exact) mass is 176 g/mol. The minimum Gasteiger partial charge on any atom is -0.508 e. The Kier molecular flexibility index (Phi) is 3.26. The zero-order valence-corrected chi connectivity index (χ0v) is 7.36. The number of benzene rings is 1. The number of allylic oxidation sites excluding steroid dienone is 1. The number of hydrogen-bond acceptors (Lipinski definition) is 2. The molecule has 0 fully saturated rings. The van der Waals surface area contributed by atoms with E-state index in [-0.39, 0.29) is 5.75 Å². The van der Waals surface area contributed by atoms with Crippen LogP contribution < -0.4 is 0 Å². The summed E-state index contributed by atoms with van der Waals surface area (Å²) in [4.78, 5) is 10.2. The maximum atomic E-state index is 10.2. The summed E-state index contributed by atoms with van der Waals surface area (Å²) in [5.41, 5.74) is 1.95. The van der Waals surface area contributed by atoms with Gasteiger partial charge in [-0.2, -0.15) is 0 Å². The number of phenolic OH excluding ortho intramolecular Hbond substituents is 1. The Balaban J connectivity index is 2.59. The van der Waals surface area contributed by atoms with Gasteiger partial charge in [-0.3, -0.25) is 0 Å². The molecule has 0 bridgehead atoms. The van der Waals surface area contributed by atoms with Crippen LogP contribution in [0.3, 0.4) is 0 Å². The van der Waals surface area contributed by atoms with E-state index in [9.17, 15) is 4.79 Å². The van der Waals surface area contributed by atoms with Crippen LogP contribution in [0.25, 0.3) is 0 Å². The molecular formula is C11H12O2. The second-order valence-corrected chi connectivity index (χ2v) is 2.96. The first-order valence-electron chi connectivity index (χ1n) is 4.10. The molecule has 0 amide bonds. The average molecular weight is 176 g/mol. The second-order valence-electron chi connectivity index (χ2n) is 2.96. The van der Waals surface area contributed by atoms with Crippen molar-refractivity contribution in [2.75, 3.05) is 0 Å². The summed E-state index contributed by atoms with van der Waals surface area (Å²) in [5.74, 6) is 0.254. The fourth-order valence-corrected chi connectivity index (χ4v) is 1.09. The van der Waals surface area contributed by atoms with Gasteiger partial charge < -0.3 is 9.90 Å². The lowest BCUT2D eigenvalue weighted by atomic mass is 10.0. The molecule has 0 aromatic heterocycles. The fraction of sp³-hybridized carbons (Fsp3) is 0.182. The van der Waals surface area contributed by atoms with Crippen molar-refractivity contribution in [3.63, 3.8) is 0 Å². The molecule has 68 valence electrons. The van der Waals surface area contributed by atoms with Gasteiger partial charge in [0.25, 0.3) is 0 Å². The van der Waals surface area contributed by atoms with Crippen molar-refractivity contribution in [3.05, 3.63) is 42.0 Å². The highest BCUT2D eigenvalue weighted by molar-refractivity contribution is 5.54. The van der Waals surface area contributed by atoms with Crippen LogP contribution in [-0.2, 0) is 11.2 Å². The summed E-state index contributed by atoms with van der Waals surface area (Å²) in [5, 5.41) is 9.02. The van der Waals surface area contributed by atoms with Crippen LogP contribution in [0.15, 0.2) is 36.4 Å². The van der Waals surface area contributed by atoms with Crippen LogP contribution in [0, 0.1) is 0 Å². The Morgan fingerprint density at radius 1 is 1.38 bits per heavy atom. The molecule has 1 rings (SSSR count). The number of carbonyl (C=O) groups is 1. The Morgan fingerprint density at radius 3 is 2.54 bits per heavy atom.